The van der Waals surface area contributed by atoms with E-state index in [9.17, 15) is 19.2 Å². The van der Waals surface area contributed by atoms with Crippen LogP contribution in [0.2, 0.25) is 0 Å². The van der Waals surface area contributed by atoms with Crippen molar-refractivity contribution in [1.29, 1.82) is 0 Å². The molecule has 68 heavy (non-hydrogen) atoms. The molecule has 4 amide bonds. The zero-order valence-corrected chi connectivity index (χ0v) is 45.6. The molecule has 8 aliphatic carbocycles. The van der Waals surface area contributed by atoms with Gasteiger partial charge in [0.15, 0.2) is 0 Å². The lowest BCUT2D eigenvalue weighted by Gasteiger charge is -2.62. The predicted octanol–water partition coefficient (Wildman–Crippen LogP) is 12.4. The number of hydrogen-bond acceptors (Lipinski definition) is 4. The molecule has 8 saturated carbocycles. The molecule has 18 atom stereocenters. The van der Waals surface area contributed by atoms with Gasteiger partial charge in [0.25, 0.3) is 0 Å². The van der Waals surface area contributed by atoms with Gasteiger partial charge in [-0.2, -0.15) is 0 Å². The average molecular weight is 941 g/mol. The van der Waals surface area contributed by atoms with Gasteiger partial charge in [0.1, 0.15) is 0 Å². The monoisotopic (exact) mass is 941 g/mol. The molecule has 8 heteroatoms. The molecule has 15 fully saturated rings. The van der Waals surface area contributed by atoms with E-state index in [2.05, 4.69) is 104 Å². The van der Waals surface area contributed by atoms with Crippen molar-refractivity contribution in [2.45, 2.75) is 248 Å². The van der Waals surface area contributed by atoms with Crippen LogP contribution in [0.1, 0.15) is 224 Å². The zero-order chi connectivity index (χ0) is 48.9. The van der Waals surface area contributed by atoms with Gasteiger partial charge in [0.2, 0.25) is 23.6 Å². The van der Waals surface area contributed by atoms with Gasteiger partial charge < -0.3 is 20.4 Å². The van der Waals surface area contributed by atoms with E-state index in [0.717, 1.165) is 86.9 Å². The van der Waals surface area contributed by atoms with Gasteiger partial charge in [-0.3, -0.25) is 19.2 Å². The van der Waals surface area contributed by atoms with Gasteiger partial charge in [-0.1, -0.05) is 41.5 Å². The molecule has 16 bridgehead atoms. The largest absolute Gasteiger partial charge is 0.350 e. The molecular weight excluding hydrogens is 841 g/mol. The Hall–Kier alpha value is -2.12. The quantitative estimate of drug-likeness (QED) is 0.293. The maximum atomic E-state index is 14.8. The van der Waals surface area contributed by atoms with Crippen molar-refractivity contribution in [2.24, 2.45) is 92.7 Å². The van der Waals surface area contributed by atoms with E-state index in [1.165, 1.54) is 77.0 Å². The summed E-state index contributed by atoms with van der Waals surface area (Å²) in [7, 11) is 0. The van der Waals surface area contributed by atoms with Gasteiger partial charge in [-0.25, -0.2) is 0 Å². The van der Waals surface area contributed by atoms with E-state index in [0.29, 0.717) is 59.2 Å². The highest BCUT2D eigenvalue weighted by Crippen LogP contribution is 2.70. The fourth-order valence-electron chi connectivity index (χ4n) is 20.4. The first-order valence-electron chi connectivity index (χ1n) is 29.1. The molecule has 8 unspecified atom stereocenters. The van der Waals surface area contributed by atoms with Crippen LogP contribution < -0.4 is 10.6 Å². The van der Waals surface area contributed by atoms with Gasteiger partial charge in [0.05, 0.1) is 13.1 Å². The minimum absolute atomic E-state index is 0.0106. The van der Waals surface area contributed by atoms with Gasteiger partial charge >= 0.3 is 0 Å². The smallest absolute Gasteiger partial charge is 0.240 e. The van der Waals surface area contributed by atoms with Crippen molar-refractivity contribution in [1.82, 2.24) is 20.4 Å². The Morgan fingerprint density at radius 3 is 1.18 bits per heavy atom. The van der Waals surface area contributed by atoms with Gasteiger partial charge in [-0.15, -0.1) is 0 Å². The lowest BCUT2D eigenvalue weighted by molar-refractivity contribution is -0.149. The van der Waals surface area contributed by atoms with E-state index in [-0.39, 0.29) is 70.7 Å². The third-order valence-electron chi connectivity index (χ3n) is 23.6. The molecule has 7 aliphatic heterocycles. The predicted molar refractivity (Wildman–Crippen MR) is 274 cm³/mol. The number of rotatable bonds is 4. The van der Waals surface area contributed by atoms with Crippen LogP contribution in [0.4, 0.5) is 0 Å². The summed E-state index contributed by atoms with van der Waals surface area (Å²) in [6, 6.07) is 0.273. The first-order chi connectivity index (χ1) is 31.8. The lowest BCUT2D eigenvalue weighted by atomic mass is 9.44. The normalized spacial score (nSPS) is 46.6. The molecule has 0 aromatic heterocycles. The molecule has 7 saturated heterocycles. The molecule has 0 spiro atoms. The highest BCUT2D eigenvalue weighted by molar-refractivity contribution is 5.86. The molecule has 7 heterocycles. The van der Waals surface area contributed by atoms with E-state index >= 15 is 0 Å². The summed E-state index contributed by atoms with van der Waals surface area (Å²) in [5, 5.41) is 6.47. The Morgan fingerprint density at radius 1 is 0.471 bits per heavy atom. The Morgan fingerprint density at radius 2 is 0.809 bits per heavy atom. The fraction of sp³-hybridized carbons (Fsp3) is 0.933. The Kier molecular flexibility index (Phi) is 13.8. The van der Waals surface area contributed by atoms with E-state index in [1.54, 1.807) is 0 Å². The molecule has 0 radical (unpaired) electrons. The summed E-state index contributed by atoms with van der Waals surface area (Å²) < 4.78 is 0. The van der Waals surface area contributed by atoms with Crippen LogP contribution in [-0.4, -0.2) is 69.7 Å². The highest BCUT2D eigenvalue weighted by Gasteiger charge is 2.63. The maximum absolute atomic E-state index is 14.8. The van der Waals surface area contributed by atoms with Crippen molar-refractivity contribution in [3.05, 3.63) is 0 Å². The molecule has 0 aromatic carbocycles. The summed E-state index contributed by atoms with van der Waals surface area (Å²) >= 11 is 0. The molecule has 2 N–H and O–H groups in total. The Bertz CT molecular complexity index is 1770. The summed E-state index contributed by atoms with van der Waals surface area (Å²) in [4.78, 5) is 61.4. The number of nitrogens with one attached hydrogen (secondary N) is 2. The Balaban J connectivity index is 1.00. The number of carbonyl (C=O) groups is 4. The van der Waals surface area contributed by atoms with Crippen molar-refractivity contribution in [3.63, 3.8) is 0 Å². The van der Waals surface area contributed by atoms with Crippen LogP contribution in [0.3, 0.4) is 0 Å². The fourth-order valence-corrected chi connectivity index (χ4v) is 20.4. The molecule has 15 aliphatic rings. The SMILES string of the molecule is C[C@@H]1CCC(=O)N(CC(=O)NC(C)(C)C)[C@@H]2CCC3(C)C4CCC5(C)C(CC[C@H]5[C@@H]4CC[C@@H]3C2)[C@H](C)CCC(=O)N(CC(=O)NC(C)(C)C)[C@@H]2CCC3(C)C4CCC5(C)C1CC[C@H]5[C@@H]4CC[C@@H]3C2. The van der Waals surface area contributed by atoms with Crippen molar-refractivity contribution in [2.75, 3.05) is 13.1 Å². The molecular formula is C60H100N4O4. The standard InChI is InChI=1S/C60H100N4O4/c1-37-13-23-53(67)63(35-51(65)61-55(3,4)5)41-25-29-58(10)40(33-41)16-18-44-48-22-20-46(60(48,12)32-28-50(44)58)38(2)14-24-54(68)64(36-52(66)62-56(6,7)8)42-26-30-57(9)39(34-42)15-17-43-47-21-19-45(37)59(47,11)31-27-49(43)57/h37-50H,13-36H2,1-12H3,(H,61,65)(H,62,66)/t37-,38-,39-,40-,41-,42-,43+,44+,45?,46?,47+,48+,49?,50?,57?,58?,59?,60?/m1/s1. The number of hydrogen-bond donors (Lipinski definition) is 2. The first-order valence-corrected chi connectivity index (χ1v) is 29.1. The zero-order valence-electron chi connectivity index (χ0n) is 45.6. The number of nitrogens with zero attached hydrogens (tertiary/aromatic N) is 2. The second-order valence-electron chi connectivity index (χ2n) is 29.3. The lowest BCUT2D eigenvalue weighted by Crippen LogP contribution is -2.57. The number of amides is 4. The summed E-state index contributed by atoms with van der Waals surface area (Å²) in [6.07, 6.45) is 24.8. The van der Waals surface area contributed by atoms with Crippen LogP contribution in [-0.2, 0) is 19.2 Å². The summed E-state index contributed by atoms with van der Waals surface area (Å²) in [6.45, 7) is 28.2. The van der Waals surface area contributed by atoms with Crippen molar-refractivity contribution >= 4 is 23.6 Å². The molecule has 15 rings (SSSR count). The molecule has 0 aromatic rings. The topological polar surface area (TPSA) is 98.8 Å². The van der Waals surface area contributed by atoms with Crippen LogP contribution >= 0.6 is 0 Å². The minimum Gasteiger partial charge on any atom is -0.350 e. The maximum Gasteiger partial charge on any atom is 0.240 e. The van der Waals surface area contributed by atoms with Crippen LogP contribution in [0.25, 0.3) is 0 Å². The third kappa shape index (κ3) is 9.18. The molecule has 384 valence electrons. The summed E-state index contributed by atoms with van der Waals surface area (Å²) in [5.74, 6) is 8.25. The minimum atomic E-state index is -0.334. The molecule has 8 nitrogen and oxygen atoms in total. The van der Waals surface area contributed by atoms with Gasteiger partial charge in [0, 0.05) is 36.0 Å². The van der Waals surface area contributed by atoms with E-state index in [4.69, 9.17) is 0 Å². The van der Waals surface area contributed by atoms with Crippen LogP contribution in [0.5, 0.6) is 0 Å². The van der Waals surface area contributed by atoms with Crippen molar-refractivity contribution < 1.29 is 19.2 Å². The van der Waals surface area contributed by atoms with Crippen LogP contribution in [0, 0.1) is 92.7 Å². The first kappa shape index (κ1) is 50.8. The second-order valence-corrected chi connectivity index (χ2v) is 29.3. The third-order valence-corrected chi connectivity index (χ3v) is 23.6. The highest BCUT2D eigenvalue weighted by atomic mass is 16.2. The average Bonchev–Trinajstić information content (AvgIpc) is 3.80. The van der Waals surface area contributed by atoms with Crippen LogP contribution in [0.15, 0.2) is 0 Å². The summed E-state index contributed by atoms with van der Waals surface area (Å²) in [5.41, 5.74) is 0.508. The van der Waals surface area contributed by atoms with Crippen molar-refractivity contribution in [3.8, 4) is 0 Å². The van der Waals surface area contributed by atoms with Gasteiger partial charge in [-0.05, 0) is 263 Å². The number of carbonyl (C=O) groups excluding carboxylic acids is 4. The Labute approximate surface area is 414 Å². The van der Waals surface area contributed by atoms with E-state index < -0.39 is 0 Å². The van der Waals surface area contributed by atoms with E-state index in [1.807, 2.05) is 0 Å². The second kappa shape index (κ2) is 18.4.